The van der Waals surface area contributed by atoms with Crippen molar-refractivity contribution in [1.29, 1.82) is 0 Å². The highest BCUT2D eigenvalue weighted by Crippen LogP contribution is 2.15. The fourth-order valence-corrected chi connectivity index (χ4v) is 1.99. The fourth-order valence-electron chi connectivity index (χ4n) is 1.99. The van der Waals surface area contributed by atoms with E-state index in [1.807, 2.05) is 19.2 Å². The molecule has 0 atom stereocenters. The predicted molar refractivity (Wildman–Crippen MR) is 68.8 cm³/mol. The molecule has 94 valence electrons. The third kappa shape index (κ3) is 2.42. The molecule has 0 bridgehead atoms. The summed E-state index contributed by atoms with van der Waals surface area (Å²) in [6.45, 7) is 4.90. The molecule has 0 saturated heterocycles. The van der Waals surface area contributed by atoms with E-state index in [9.17, 15) is 4.79 Å². The van der Waals surface area contributed by atoms with Crippen molar-refractivity contribution in [2.24, 2.45) is 0 Å². The molecule has 1 heterocycles. The first-order valence-corrected chi connectivity index (χ1v) is 5.94. The van der Waals surface area contributed by atoms with Crippen LogP contribution in [-0.2, 0) is 13.0 Å². The van der Waals surface area contributed by atoms with E-state index in [0.717, 1.165) is 29.9 Å². The Kier molecular flexibility index (Phi) is 3.46. The van der Waals surface area contributed by atoms with Crippen LogP contribution >= 0.6 is 0 Å². The maximum absolute atomic E-state index is 10.9. The Bertz CT molecular complexity index is 573. The minimum absolute atomic E-state index is 0.329. The Hall–Kier alpha value is -2.10. The molecule has 0 unspecified atom stereocenters. The van der Waals surface area contributed by atoms with Gasteiger partial charge in [0.2, 0.25) is 0 Å². The molecule has 1 aromatic carbocycles. The number of nitrogens with zero attached hydrogens (tertiary/aromatic N) is 2. The zero-order valence-corrected chi connectivity index (χ0v) is 10.6. The molecule has 4 nitrogen and oxygen atoms in total. The highest BCUT2D eigenvalue weighted by molar-refractivity contribution is 5.87. The molecule has 18 heavy (non-hydrogen) atoms. The Morgan fingerprint density at radius 1 is 1.44 bits per heavy atom. The van der Waals surface area contributed by atoms with E-state index < -0.39 is 5.97 Å². The largest absolute Gasteiger partial charge is 0.478 e. The monoisotopic (exact) mass is 244 g/mol. The minimum Gasteiger partial charge on any atom is -0.478 e. The SMILES string of the molecule is CCn1ccnc1Cc1ccc(C(=O)O)cc1C. The van der Waals surface area contributed by atoms with Gasteiger partial charge in [-0.1, -0.05) is 6.07 Å². The molecule has 1 N–H and O–H groups in total. The minimum atomic E-state index is -0.889. The summed E-state index contributed by atoms with van der Waals surface area (Å²) in [5, 5.41) is 8.92. The second-order valence-electron chi connectivity index (χ2n) is 4.25. The number of aromatic carboxylic acids is 1. The Morgan fingerprint density at radius 2 is 2.22 bits per heavy atom. The molecule has 0 aliphatic carbocycles. The molecular formula is C14H16N2O2. The van der Waals surface area contributed by atoms with Gasteiger partial charge in [0.05, 0.1) is 5.56 Å². The van der Waals surface area contributed by atoms with Crippen molar-refractivity contribution in [2.75, 3.05) is 0 Å². The number of carbonyl (C=O) groups is 1. The number of imidazole rings is 1. The number of hydrogen-bond acceptors (Lipinski definition) is 2. The zero-order valence-electron chi connectivity index (χ0n) is 10.6. The molecule has 1 aromatic heterocycles. The quantitative estimate of drug-likeness (QED) is 0.899. The first-order chi connectivity index (χ1) is 8.61. The summed E-state index contributed by atoms with van der Waals surface area (Å²) in [6.07, 6.45) is 4.47. The van der Waals surface area contributed by atoms with Gasteiger partial charge in [0, 0.05) is 25.4 Å². The predicted octanol–water partition coefficient (Wildman–Crippen LogP) is 2.50. The van der Waals surface area contributed by atoms with Crippen LogP contribution in [0.15, 0.2) is 30.6 Å². The number of rotatable bonds is 4. The molecule has 0 aliphatic rings. The van der Waals surface area contributed by atoms with Gasteiger partial charge in [-0.25, -0.2) is 9.78 Å². The summed E-state index contributed by atoms with van der Waals surface area (Å²) in [7, 11) is 0. The lowest BCUT2D eigenvalue weighted by Crippen LogP contribution is -2.04. The van der Waals surface area contributed by atoms with Gasteiger partial charge in [-0.05, 0) is 37.1 Å². The number of carboxylic acid groups (broad SMARTS) is 1. The molecule has 0 fully saturated rings. The van der Waals surface area contributed by atoms with E-state index in [1.54, 1.807) is 18.3 Å². The number of hydrogen-bond donors (Lipinski definition) is 1. The standard InChI is InChI=1S/C14H16N2O2/c1-3-16-7-6-15-13(16)9-11-4-5-12(14(17)18)8-10(11)2/h4-8H,3,9H2,1-2H3,(H,17,18). The highest BCUT2D eigenvalue weighted by atomic mass is 16.4. The summed E-state index contributed by atoms with van der Waals surface area (Å²) in [4.78, 5) is 15.2. The van der Waals surface area contributed by atoms with E-state index in [2.05, 4.69) is 16.5 Å². The smallest absolute Gasteiger partial charge is 0.335 e. The third-order valence-corrected chi connectivity index (χ3v) is 3.08. The lowest BCUT2D eigenvalue weighted by atomic mass is 10.0. The summed E-state index contributed by atoms with van der Waals surface area (Å²) in [5.74, 6) is 0.114. The topological polar surface area (TPSA) is 55.1 Å². The van der Waals surface area contributed by atoms with Gasteiger partial charge in [-0.2, -0.15) is 0 Å². The second kappa shape index (κ2) is 5.04. The van der Waals surface area contributed by atoms with Gasteiger partial charge in [0.25, 0.3) is 0 Å². The average molecular weight is 244 g/mol. The number of carboxylic acids is 1. The first-order valence-electron chi connectivity index (χ1n) is 5.94. The molecule has 0 aliphatic heterocycles. The number of aryl methyl sites for hydroxylation is 2. The van der Waals surface area contributed by atoms with Crippen molar-refractivity contribution in [1.82, 2.24) is 9.55 Å². The molecule has 0 radical (unpaired) electrons. The van der Waals surface area contributed by atoms with Crippen molar-refractivity contribution >= 4 is 5.97 Å². The fraction of sp³-hybridized carbons (Fsp3) is 0.286. The van der Waals surface area contributed by atoms with Crippen LogP contribution in [-0.4, -0.2) is 20.6 Å². The highest BCUT2D eigenvalue weighted by Gasteiger charge is 2.08. The number of benzene rings is 1. The lowest BCUT2D eigenvalue weighted by molar-refractivity contribution is 0.0697. The van der Waals surface area contributed by atoms with E-state index in [4.69, 9.17) is 5.11 Å². The molecule has 0 amide bonds. The first kappa shape index (κ1) is 12.4. The molecule has 2 aromatic rings. The molecular weight excluding hydrogens is 228 g/mol. The van der Waals surface area contributed by atoms with Crippen LogP contribution in [0, 0.1) is 6.92 Å². The van der Waals surface area contributed by atoms with Gasteiger partial charge in [0.15, 0.2) is 0 Å². The molecule has 0 saturated carbocycles. The summed E-state index contributed by atoms with van der Waals surface area (Å²) in [6, 6.07) is 5.22. The van der Waals surface area contributed by atoms with Crippen LogP contribution in [0.5, 0.6) is 0 Å². The van der Waals surface area contributed by atoms with E-state index >= 15 is 0 Å². The summed E-state index contributed by atoms with van der Waals surface area (Å²) in [5.41, 5.74) is 2.43. The lowest BCUT2D eigenvalue weighted by Gasteiger charge is -2.08. The van der Waals surface area contributed by atoms with E-state index in [0.29, 0.717) is 5.56 Å². The normalized spacial score (nSPS) is 10.6. The van der Waals surface area contributed by atoms with Crippen LogP contribution in [0.3, 0.4) is 0 Å². The van der Waals surface area contributed by atoms with Gasteiger partial charge in [-0.3, -0.25) is 0 Å². The van der Waals surface area contributed by atoms with Crippen molar-refractivity contribution < 1.29 is 9.90 Å². The van der Waals surface area contributed by atoms with Crippen LogP contribution < -0.4 is 0 Å². The summed E-state index contributed by atoms with van der Waals surface area (Å²) >= 11 is 0. The van der Waals surface area contributed by atoms with Crippen molar-refractivity contribution in [3.8, 4) is 0 Å². The van der Waals surface area contributed by atoms with Gasteiger partial charge < -0.3 is 9.67 Å². The van der Waals surface area contributed by atoms with Gasteiger partial charge in [-0.15, -0.1) is 0 Å². The van der Waals surface area contributed by atoms with Crippen LogP contribution in [0.25, 0.3) is 0 Å². The van der Waals surface area contributed by atoms with Crippen LogP contribution in [0.1, 0.15) is 34.2 Å². The van der Waals surface area contributed by atoms with Crippen molar-refractivity contribution in [2.45, 2.75) is 26.8 Å². The van der Waals surface area contributed by atoms with Gasteiger partial charge in [0.1, 0.15) is 5.82 Å². The van der Waals surface area contributed by atoms with E-state index in [1.165, 1.54) is 0 Å². The van der Waals surface area contributed by atoms with E-state index in [-0.39, 0.29) is 0 Å². The van der Waals surface area contributed by atoms with Crippen LogP contribution in [0.2, 0.25) is 0 Å². The van der Waals surface area contributed by atoms with Crippen LogP contribution in [0.4, 0.5) is 0 Å². The summed E-state index contributed by atoms with van der Waals surface area (Å²) < 4.78 is 2.09. The average Bonchev–Trinajstić information content (AvgIpc) is 2.78. The third-order valence-electron chi connectivity index (χ3n) is 3.08. The molecule has 0 spiro atoms. The zero-order chi connectivity index (χ0) is 13.1. The molecule has 2 rings (SSSR count). The Morgan fingerprint density at radius 3 is 2.83 bits per heavy atom. The second-order valence-corrected chi connectivity index (χ2v) is 4.25. The number of aromatic nitrogens is 2. The maximum atomic E-state index is 10.9. The van der Waals surface area contributed by atoms with Gasteiger partial charge >= 0.3 is 5.97 Å². The Balaban J connectivity index is 2.27. The Labute approximate surface area is 106 Å². The maximum Gasteiger partial charge on any atom is 0.335 e. The van der Waals surface area contributed by atoms with Crippen molar-refractivity contribution in [3.63, 3.8) is 0 Å². The van der Waals surface area contributed by atoms with Crippen molar-refractivity contribution in [3.05, 3.63) is 53.1 Å². The molecule has 4 heteroatoms.